The normalized spacial score (nSPS) is 20.9. The van der Waals surface area contributed by atoms with Gasteiger partial charge in [0.25, 0.3) is 0 Å². The van der Waals surface area contributed by atoms with E-state index in [0.717, 1.165) is 0 Å². The molecule has 0 aromatic carbocycles. The fourth-order valence-electron chi connectivity index (χ4n) is 1.27. The Morgan fingerprint density at radius 3 is 2.77 bits per heavy atom. The lowest BCUT2D eigenvalue weighted by Gasteiger charge is -2.14. The van der Waals surface area contributed by atoms with Crippen LogP contribution >= 0.6 is 0 Å². The quantitative estimate of drug-likeness (QED) is 0.685. The summed E-state index contributed by atoms with van der Waals surface area (Å²) in [5, 5.41) is 8.76. The van der Waals surface area contributed by atoms with Crippen molar-refractivity contribution in [1.29, 1.82) is 0 Å². The first kappa shape index (κ1) is 10.4. The van der Waals surface area contributed by atoms with Crippen LogP contribution in [0.25, 0.3) is 0 Å². The van der Waals surface area contributed by atoms with Gasteiger partial charge in [-0.05, 0) is 12.0 Å². The standard InChI is InChI=1S/C8H12F2O3/c1-12-5-13-7-6(4-11)2-3-8(7,9)10/h11H,2-5H2,1H3. The predicted octanol–water partition coefficient (Wildman–Crippen LogP) is 1.28. The zero-order valence-electron chi connectivity index (χ0n) is 7.35. The highest BCUT2D eigenvalue weighted by molar-refractivity contribution is 5.22. The van der Waals surface area contributed by atoms with Gasteiger partial charge in [-0.15, -0.1) is 0 Å². The Balaban J connectivity index is 2.71. The van der Waals surface area contributed by atoms with E-state index in [1.54, 1.807) is 0 Å². The van der Waals surface area contributed by atoms with E-state index >= 15 is 0 Å². The largest absolute Gasteiger partial charge is 0.466 e. The average Bonchev–Trinajstić information content (AvgIpc) is 2.37. The third-order valence-electron chi connectivity index (χ3n) is 1.91. The Labute approximate surface area is 75.0 Å². The number of allylic oxidation sites excluding steroid dienone is 1. The van der Waals surface area contributed by atoms with E-state index in [9.17, 15) is 8.78 Å². The van der Waals surface area contributed by atoms with E-state index in [1.807, 2.05) is 0 Å². The van der Waals surface area contributed by atoms with Crippen molar-refractivity contribution >= 4 is 0 Å². The van der Waals surface area contributed by atoms with Gasteiger partial charge in [0, 0.05) is 13.5 Å². The van der Waals surface area contributed by atoms with Gasteiger partial charge in [-0.25, -0.2) is 0 Å². The lowest BCUT2D eigenvalue weighted by Crippen LogP contribution is -2.18. The molecule has 1 aliphatic carbocycles. The van der Waals surface area contributed by atoms with Gasteiger partial charge < -0.3 is 14.6 Å². The van der Waals surface area contributed by atoms with Gasteiger partial charge >= 0.3 is 5.92 Å². The van der Waals surface area contributed by atoms with Gasteiger partial charge in [-0.2, -0.15) is 8.78 Å². The summed E-state index contributed by atoms with van der Waals surface area (Å²) in [5.74, 6) is -3.37. The monoisotopic (exact) mass is 194 g/mol. The molecule has 1 rings (SSSR count). The predicted molar refractivity (Wildman–Crippen MR) is 41.3 cm³/mol. The van der Waals surface area contributed by atoms with E-state index in [0.29, 0.717) is 0 Å². The molecule has 0 unspecified atom stereocenters. The molecule has 0 amide bonds. The highest BCUT2D eigenvalue weighted by Gasteiger charge is 2.43. The minimum Gasteiger partial charge on any atom is -0.466 e. The van der Waals surface area contributed by atoms with Crippen LogP contribution in [0.3, 0.4) is 0 Å². The molecule has 0 aromatic rings. The molecule has 76 valence electrons. The first-order chi connectivity index (χ1) is 6.11. The number of alkyl halides is 2. The van der Waals surface area contributed by atoms with Crippen LogP contribution in [0.4, 0.5) is 8.78 Å². The van der Waals surface area contributed by atoms with Crippen LogP contribution in [-0.2, 0) is 9.47 Å². The fourth-order valence-corrected chi connectivity index (χ4v) is 1.27. The number of halogens is 2. The van der Waals surface area contributed by atoms with Gasteiger partial charge in [0.2, 0.25) is 0 Å². The van der Waals surface area contributed by atoms with Crippen molar-refractivity contribution in [3.05, 3.63) is 11.3 Å². The summed E-state index contributed by atoms with van der Waals surface area (Å²) in [6, 6.07) is 0. The summed E-state index contributed by atoms with van der Waals surface area (Å²) in [4.78, 5) is 0. The Morgan fingerprint density at radius 1 is 1.54 bits per heavy atom. The smallest absolute Gasteiger partial charge is 0.304 e. The van der Waals surface area contributed by atoms with Crippen molar-refractivity contribution in [2.75, 3.05) is 20.5 Å². The van der Waals surface area contributed by atoms with Crippen LogP contribution in [0.2, 0.25) is 0 Å². The number of hydrogen-bond acceptors (Lipinski definition) is 3. The lowest BCUT2D eigenvalue weighted by molar-refractivity contribution is -0.0668. The second-order valence-corrected chi connectivity index (χ2v) is 2.85. The molecular formula is C8H12F2O3. The van der Waals surface area contributed by atoms with Gasteiger partial charge in [-0.1, -0.05) is 0 Å². The Kier molecular flexibility index (Phi) is 3.22. The van der Waals surface area contributed by atoms with E-state index in [-0.39, 0.29) is 31.8 Å². The number of aliphatic hydroxyl groups excluding tert-OH is 1. The fraction of sp³-hybridized carbons (Fsp3) is 0.750. The molecule has 13 heavy (non-hydrogen) atoms. The van der Waals surface area contributed by atoms with Crippen LogP contribution < -0.4 is 0 Å². The molecule has 0 radical (unpaired) electrons. The molecule has 0 fully saturated rings. The maximum absolute atomic E-state index is 13.0. The van der Waals surface area contributed by atoms with Gasteiger partial charge in [-0.3, -0.25) is 0 Å². The topological polar surface area (TPSA) is 38.7 Å². The Bertz CT molecular complexity index is 213. The van der Waals surface area contributed by atoms with Crippen LogP contribution in [0.15, 0.2) is 11.3 Å². The molecule has 3 nitrogen and oxygen atoms in total. The Morgan fingerprint density at radius 2 is 2.23 bits per heavy atom. The summed E-state index contributed by atoms with van der Waals surface area (Å²) < 4.78 is 35.3. The molecule has 0 heterocycles. The lowest BCUT2D eigenvalue weighted by atomic mass is 10.2. The third-order valence-corrected chi connectivity index (χ3v) is 1.91. The van der Waals surface area contributed by atoms with Gasteiger partial charge in [0.15, 0.2) is 12.6 Å². The minimum atomic E-state index is -2.95. The molecule has 0 bridgehead atoms. The van der Waals surface area contributed by atoms with Crippen LogP contribution in [-0.4, -0.2) is 31.5 Å². The first-order valence-electron chi connectivity index (χ1n) is 3.94. The van der Waals surface area contributed by atoms with Crippen molar-refractivity contribution in [2.45, 2.75) is 18.8 Å². The minimum absolute atomic E-state index is 0.183. The highest BCUT2D eigenvalue weighted by atomic mass is 19.3. The third kappa shape index (κ3) is 2.16. The average molecular weight is 194 g/mol. The van der Waals surface area contributed by atoms with Gasteiger partial charge in [0.05, 0.1) is 6.61 Å². The zero-order chi connectivity index (χ0) is 9.90. The van der Waals surface area contributed by atoms with Crippen LogP contribution in [0.5, 0.6) is 0 Å². The van der Waals surface area contributed by atoms with E-state index in [2.05, 4.69) is 4.74 Å². The molecular weight excluding hydrogens is 182 g/mol. The molecule has 0 saturated carbocycles. The summed E-state index contributed by atoms with van der Waals surface area (Å²) in [6.07, 6.45) is -0.107. The van der Waals surface area contributed by atoms with Crippen LogP contribution in [0.1, 0.15) is 12.8 Å². The molecule has 1 aliphatic rings. The zero-order valence-corrected chi connectivity index (χ0v) is 7.35. The molecule has 0 saturated heterocycles. The van der Waals surface area contributed by atoms with E-state index < -0.39 is 11.7 Å². The number of aliphatic hydroxyl groups is 1. The SMILES string of the molecule is COCOC1=C(CO)CCC1(F)F. The van der Waals surface area contributed by atoms with Crippen molar-refractivity contribution in [3.8, 4) is 0 Å². The summed E-state index contributed by atoms with van der Waals surface area (Å²) >= 11 is 0. The van der Waals surface area contributed by atoms with Crippen molar-refractivity contribution in [3.63, 3.8) is 0 Å². The summed E-state index contributed by atoms with van der Waals surface area (Å²) in [7, 11) is 1.35. The number of rotatable bonds is 4. The number of hydrogen-bond donors (Lipinski definition) is 1. The first-order valence-corrected chi connectivity index (χ1v) is 3.94. The van der Waals surface area contributed by atoms with Gasteiger partial charge in [0.1, 0.15) is 0 Å². The highest BCUT2D eigenvalue weighted by Crippen LogP contribution is 2.40. The second-order valence-electron chi connectivity index (χ2n) is 2.85. The Hall–Kier alpha value is -0.680. The van der Waals surface area contributed by atoms with Crippen molar-refractivity contribution < 1.29 is 23.4 Å². The van der Waals surface area contributed by atoms with Crippen molar-refractivity contribution in [1.82, 2.24) is 0 Å². The molecule has 0 spiro atoms. The maximum Gasteiger partial charge on any atom is 0.304 e. The summed E-state index contributed by atoms with van der Waals surface area (Å²) in [5.41, 5.74) is 0.266. The maximum atomic E-state index is 13.0. The van der Waals surface area contributed by atoms with Crippen LogP contribution in [0, 0.1) is 0 Å². The molecule has 0 aromatic heterocycles. The number of ether oxygens (including phenoxy) is 2. The van der Waals surface area contributed by atoms with Crippen molar-refractivity contribution in [2.24, 2.45) is 0 Å². The molecule has 5 heteroatoms. The van der Waals surface area contributed by atoms with E-state index in [4.69, 9.17) is 9.84 Å². The second kappa shape index (κ2) is 4.02. The molecule has 0 atom stereocenters. The molecule has 0 aliphatic heterocycles. The number of methoxy groups -OCH3 is 1. The van der Waals surface area contributed by atoms with E-state index in [1.165, 1.54) is 7.11 Å². The summed E-state index contributed by atoms with van der Waals surface area (Å²) in [6.45, 7) is -0.594. The molecule has 1 N–H and O–H groups in total.